The number of Topliss-reactive ketones (excluding diaryl/α,β-unsaturated/α-hetero) is 1. The summed E-state index contributed by atoms with van der Waals surface area (Å²) in [6.07, 6.45) is 6.68. The van der Waals surface area contributed by atoms with Crippen LogP contribution in [0.3, 0.4) is 0 Å². The van der Waals surface area contributed by atoms with Gasteiger partial charge in [0.25, 0.3) is 0 Å². The largest absolute Gasteiger partial charge is 0.508 e. The van der Waals surface area contributed by atoms with Gasteiger partial charge in [0.1, 0.15) is 24.1 Å². The van der Waals surface area contributed by atoms with Gasteiger partial charge in [0, 0.05) is 10.8 Å². The molecule has 9 nitrogen and oxygen atoms in total. The molecule has 1 aromatic heterocycles. The van der Waals surface area contributed by atoms with Gasteiger partial charge in [-0.15, -0.1) is 11.3 Å². The van der Waals surface area contributed by atoms with E-state index in [4.69, 9.17) is 57.9 Å². The number of aromatic nitrogens is 1. The Balaban J connectivity index is 3.53. The van der Waals surface area contributed by atoms with Gasteiger partial charge in [0.15, 0.2) is 16.6 Å². The Labute approximate surface area is 390 Å². The first kappa shape index (κ1) is 57.5. The molecule has 0 aromatic carbocycles. The molecule has 5 atom stereocenters. The monoisotopic (exact) mass is 965 g/mol. The highest BCUT2D eigenvalue weighted by atomic mass is 35.6. The zero-order valence-electron chi connectivity index (χ0n) is 40.1. The number of esters is 1. The van der Waals surface area contributed by atoms with Crippen LogP contribution in [0.5, 0.6) is 0 Å². The molecule has 1 rings (SSSR count). The van der Waals surface area contributed by atoms with Crippen LogP contribution in [0.1, 0.15) is 134 Å². The maximum Gasteiger partial charge on any atom is 0.508 e. The van der Waals surface area contributed by atoms with E-state index in [0.717, 1.165) is 58.1 Å². The molecule has 1 aromatic rings. The van der Waals surface area contributed by atoms with Gasteiger partial charge >= 0.3 is 12.1 Å². The van der Waals surface area contributed by atoms with E-state index in [2.05, 4.69) is 77.9 Å². The second-order valence-electron chi connectivity index (χ2n) is 18.1. The number of aryl methyl sites for hydroxylation is 1. The summed E-state index contributed by atoms with van der Waals surface area (Å²) < 4.78 is 28.9. The SMILES string of the molecule is CC[Si](CC)(CC)O[C@@H](C/C=C(C)\C=C\C[C@H](C)[C@H](OC(=O)OCC(Cl)(Cl)Cl)[C@@H](C)C(=O)C(C)(C)[C@H](CC(=O)OC(C)(C)C)O[Si](CC)(CC)CC)/C(C)=C/c1csc(C)n1. The Bertz CT molecular complexity index is 1610. The van der Waals surface area contributed by atoms with E-state index in [1.165, 1.54) is 0 Å². The minimum absolute atomic E-state index is 0.0783. The number of ether oxygens (including phenoxy) is 3. The number of hydrogen-bond donors (Lipinski definition) is 0. The normalized spacial score (nSPS) is 16.2. The van der Waals surface area contributed by atoms with Gasteiger partial charge in [0.2, 0.25) is 3.79 Å². The van der Waals surface area contributed by atoms with Gasteiger partial charge in [-0.25, -0.2) is 9.78 Å². The first-order valence-corrected chi connectivity index (χ1v) is 29.2. The van der Waals surface area contributed by atoms with E-state index in [9.17, 15) is 14.4 Å². The zero-order chi connectivity index (χ0) is 47.0. The number of nitrogens with zero attached hydrogens (tertiary/aromatic N) is 1. The molecule has 0 saturated carbocycles. The third-order valence-electron chi connectivity index (χ3n) is 12.0. The first-order valence-electron chi connectivity index (χ1n) is 22.1. The van der Waals surface area contributed by atoms with Crippen LogP contribution >= 0.6 is 46.1 Å². The lowest BCUT2D eigenvalue weighted by atomic mass is 9.73. The molecule has 0 radical (unpaired) electrons. The maximum absolute atomic E-state index is 14.8. The van der Waals surface area contributed by atoms with E-state index in [1.54, 1.807) is 32.1 Å². The molecular weight excluding hydrogens is 889 g/mol. The predicted molar refractivity (Wildman–Crippen MR) is 261 cm³/mol. The van der Waals surface area contributed by atoms with Crippen molar-refractivity contribution in [1.82, 2.24) is 4.98 Å². The standard InChI is InChI=1S/C46H78Cl3NO8SSi2/c1-17-60(18-2,19-3)57-38(34(9)28-37-30-59-36(11)50-37)27-26-32(7)24-23-25-33(8)41(55-43(53)54-31-46(47,48)49)35(10)42(52)45(15,16)39(29-40(51)56-44(12,13)14)58-61(20-4,21-5)22-6/h23-24,26,28,30,33,35,38-39,41H,17-22,25,27,29,31H2,1-16H3/b24-23+,32-26-,34-28+/t33-,35+,38-,39-,41-/m0/s1. The van der Waals surface area contributed by atoms with Gasteiger partial charge in [-0.05, 0) is 108 Å². The van der Waals surface area contributed by atoms with Gasteiger partial charge in [-0.2, -0.15) is 0 Å². The second-order valence-corrected chi connectivity index (χ2v) is 31.1. The molecule has 0 N–H and O–H groups in total. The van der Waals surface area contributed by atoms with Crippen molar-refractivity contribution < 1.29 is 37.4 Å². The number of carbonyl (C=O) groups is 3. The summed E-state index contributed by atoms with van der Waals surface area (Å²) in [6, 6.07) is 5.65. The fraction of sp³-hybridized carbons (Fsp3) is 0.739. The van der Waals surface area contributed by atoms with E-state index < -0.39 is 68.3 Å². The summed E-state index contributed by atoms with van der Waals surface area (Å²) in [6.45, 7) is 31.4. The van der Waals surface area contributed by atoms with E-state index in [0.29, 0.717) is 12.8 Å². The molecule has 0 amide bonds. The number of rotatable bonds is 26. The molecule has 0 bridgehead atoms. The molecule has 0 aliphatic carbocycles. The lowest BCUT2D eigenvalue weighted by Crippen LogP contribution is -2.52. The number of carbonyl (C=O) groups excluding carboxylic acids is 3. The molecule has 0 aliphatic rings. The molecule has 0 aliphatic heterocycles. The highest BCUT2D eigenvalue weighted by molar-refractivity contribution is 7.09. The van der Waals surface area contributed by atoms with Crippen LogP contribution in [0.4, 0.5) is 4.79 Å². The van der Waals surface area contributed by atoms with Crippen molar-refractivity contribution >= 4 is 86.8 Å². The number of thiazole rings is 1. The molecule has 1 heterocycles. The number of alkyl halides is 3. The van der Waals surface area contributed by atoms with Crippen molar-refractivity contribution in [3.8, 4) is 0 Å². The van der Waals surface area contributed by atoms with Crippen molar-refractivity contribution in [1.29, 1.82) is 0 Å². The highest BCUT2D eigenvalue weighted by Crippen LogP contribution is 2.38. The summed E-state index contributed by atoms with van der Waals surface area (Å²) in [5, 5.41) is 3.10. The summed E-state index contributed by atoms with van der Waals surface area (Å²) in [5.41, 5.74) is 1.28. The third kappa shape index (κ3) is 19.6. The Hall–Kier alpha value is -1.52. The Morgan fingerprint density at radius 3 is 1.87 bits per heavy atom. The van der Waals surface area contributed by atoms with Crippen LogP contribution in [-0.4, -0.2) is 73.8 Å². The number of ketones is 1. The second kappa shape index (κ2) is 25.8. The average Bonchev–Trinajstić information content (AvgIpc) is 3.60. The van der Waals surface area contributed by atoms with Crippen molar-refractivity contribution in [2.45, 2.75) is 194 Å². The van der Waals surface area contributed by atoms with Crippen LogP contribution in [0.2, 0.25) is 36.3 Å². The molecular formula is C46H78Cl3NO8SSi2. The number of halogens is 3. The average molecular weight is 968 g/mol. The third-order valence-corrected chi connectivity index (χ3v) is 22.4. The van der Waals surface area contributed by atoms with Crippen LogP contribution in [0.25, 0.3) is 6.08 Å². The van der Waals surface area contributed by atoms with Crippen LogP contribution in [-0.2, 0) is 32.7 Å². The fourth-order valence-electron chi connectivity index (χ4n) is 7.54. The summed E-state index contributed by atoms with van der Waals surface area (Å²) in [5.74, 6) is -1.82. The molecule has 0 fully saturated rings. The Kier molecular flexibility index (Phi) is 24.4. The van der Waals surface area contributed by atoms with Crippen LogP contribution < -0.4 is 0 Å². The van der Waals surface area contributed by atoms with Gasteiger partial charge < -0.3 is 23.1 Å². The zero-order valence-corrected chi connectivity index (χ0v) is 45.2. The van der Waals surface area contributed by atoms with E-state index in [-0.39, 0.29) is 24.2 Å². The Morgan fingerprint density at radius 1 is 0.852 bits per heavy atom. The lowest BCUT2D eigenvalue weighted by Gasteiger charge is -2.42. The van der Waals surface area contributed by atoms with Crippen molar-refractivity contribution in [3.63, 3.8) is 0 Å². The number of hydrogen-bond acceptors (Lipinski definition) is 10. The minimum atomic E-state index is -2.31. The van der Waals surface area contributed by atoms with Crippen LogP contribution in [0.15, 0.2) is 34.8 Å². The molecule has 0 spiro atoms. The Morgan fingerprint density at radius 2 is 1.39 bits per heavy atom. The van der Waals surface area contributed by atoms with E-state index >= 15 is 0 Å². The lowest BCUT2D eigenvalue weighted by molar-refractivity contribution is -0.159. The van der Waals surface area contributed by atoms with Crippen molar-refractivity contribution in [3.05, 3.63) is 45.5 Å². The molecule has 0 unspecified atom stereocenters. The van der Waals surface area contributed by atoms with Crippen molar-refractivity contribution in [2.24, 2.45) is 17.3 Å². The topological polar surface area (TPSA) is 110 Å². The predicted octanol–water partition coefficient (Wildman–Crippen LogP) is 14.4. The summed E-state index contributed by atoms with van der Waals surface area (Å²) >= 11 is 19.3. The first-order chi connectivity index (χ1) is 28.2. The number of allylic oxidation sites excluding steroid dienone is 3. The van der Waals surface area contributed by atoms with Gasteiger partial charge in [0.05, 0.1) is 35.2 Å². The summed E-state index contributed by atoms with van der Waals surface area (Å²) in [4.78, 5) is 45.9. The highest BCUT2D eigenvalue weighted by Gasteiger charge is 2.48. The molecule has 350 valence electrons. The van der Waals surface area contributed by atoms with Crippen molar-refractivity contribution in [2.75, 3.05) is 6.61 Å². The summed E-state index contributed by atoms with van der Waals surface area (Å²) in [7, 11) is -4.24. The quantitative estimate of drug-likeness (QED) is 0.0388. The molecule has 61 heavy (non-hydrogen) atoms. The fourth-order valence-corrected chi connectivity index (χ4v) is 14.1. The van der Waals surface area contributed by atoms with Gasteiger partial charge in [-0.1, -0.05) is 128 Å². The smallest absolute Gasteiger partial charge is 0.460 e. The van der Waals surface area contributed by atoms with Gasteiger partial charge in [-0.3, -0.25) is 9.59 Å². The molecule has 15 heteroatoms. The van der Waals surface area contributed by atoms with Crippen LogP contribution in [0, 0.1) is 24.2 Å². The maximum atomic E-state index is 14.8. The minimum Gasteiger partial charge on any atom is -0.460 e. The molecule has 0 saturated heterocycles. The van der Waals surface area contributed by atoms with E-state index in [1.807, 2.05) is 46.8 Å².